The molecule has 0 radical (unpaired) electrons. The fourth-order valence-electron chi connectivity index (χ4n) is 1.30. The molecule has 0 saturated heterocycles. The van der Waals surface area contributed by atoms with Gasteiger partial charge in [0.25, 0.3) is 0 Å². The minimum Gasteiger partial charge on any atom is -0.495 e. The van der Waals surface area contributed by atoms with E-state index in [1.165, 1.54) is 26.0 Å². The van der Waals surface area contributed by atoms with Crippen molar-refractivity contribution < 1.29 is 19.1 Å². The minimum atomic E-state index is -0.362. The third kappa shape index (κ3) is 5.09. The Kier molecular flexibility index (Phi) is 6.01. The first-order valence-corrected chi connectivity index (χ1v) is 6.60. The molecule has 0 bridgehead atoms. The van der Waals surface area contributed by atoms with E-state index < -0.39 is 0 Å². The number of nitrogens with two attached hydrogens (primary N) is 1. The summed E-state index contributed by atoms with van der Waals surface area (Å²) in [5.74, 6) is 0.211. The molecule has 0 spiro atoms. The molecule has 1 aromatic rings. The summed E-state index contributed by atoms with van der Waals surface area (Å²) in [5.41, 5.74) is 6.67. The Bertz CT molecular complexity index is 465. The number of carbonyl (C=O) groups is 2. The summed E-state index contributed by atoms with van der Waals surface area (Å²) < 4.78 is 9.58. The van der Waals surface area contributed by atoms with E-state index in [9.17, 15) is 9.59 Å². The molecule has 0 atom stereocenters. The summed E-state index contributed by atoms with van der Waals surface area (Å²) in [7, 11) is 2.81. The number of anilines is 2. The van der Waals surface area contributed by atoms with Crippen LogP contribution in [0.15, 0.2) is 18.2 Å². The van der Waals surface area contributed by atoms with Crippen LogP contribution in [0.5, 0.6) is 5.75 Å². The lowest BCUT2D eigenvalue weighted by Crippen LogP contribution is -2.16. The predicted molar refractivity (Wildman–Crippen MR) is 75.4 cm³/mol. The lowest BCUT2D eigenvalue weighted by Gasteiger charge is -2.10. The molecule has 6 nitrogen and oxygen atoms in total. The Morgan fingerprint density at radius 2 is 2.05 bits per heavy atom. The standard InChI is InChI=1S/C12H16N2O4S/c1-17-10-4-3-8(13)5-9(10)14-11(15)6-19-7-12(16)18-2/h3-5H,6-7,13H2,1-2H3,(H,14,15). The molecule has 1 rings (SSSR count). The summed E-state index contributed by atoms with van der Waals surface area (Å²) >= 11 is 1.17. The average molecular weight is 284 g/mol. The van der Waals surface area contributed by atoms with E-state index in [0.717, 1.165) is 0 Å². The van der Waals surface area contributed by atoms with Crippen LogP contribution < -0.4 is 15.8 Å². The van der Waals surface area contributed by atoms with E-state index in [0.29, 0.717) is 17.1 Å². The van der Waals surface area contributed by atoms with Gasteiger partial charge < -0.3 is 20.5 Å². The van der Waals surface area contributed by atoms with Crippen molar-refractivity contribution in [3.8, 4) is 5.75 Å². The highest BCUT2D eigenvalue weighted by molar-refractivity contribution is 8.00. The number of carbonyl (C=O) groups excluding carboxylic acids is 2. The lowest BCUT2D eigenvalue weighted by molar-refractivity contribution is -0.137. The number of ether oxygens (including phenoxy) is 2. The zero-order valence-electron chi connectivity index (χ0n) is 10.8. The van der Waals surface area contributed by atoms with Gasteiger partial charge in [0.15, 0.2) is 0 Å². The number of benzene rings is 1. The third-order valence-corrected chi connectivity index (χ3v) is 3.08. The Morgan fingerprint density at radius 3 is 2.68 bits per heavy atom. The smallest absolute Gasteiger partial charge is 0.315 e. The summed E-state index contributed by atoms with van der Waals surface area (Å²) in [6.07, 6.45) is 0. The third-order valence-electron chi connectivity index (χ3n) is 2.18. The number of esters is 1. The molecule has 0 aliphatic carbocycles. The van der Waals surface area contributed by atoms with Crippen LogP contribution in [0, 0.1) is 0 Å². The first-order chi connectivity index (χ1) is 9.06. The van der Waals surface area contributed by atoms with E-state index in [-0.39, 0.29) is 23.4 Å². The normalized spacial score (nSPS) is 9.79. The Labute approximate surface area is 115 Å². The molecule has 1 aromatic carbocycles. The molecule has 0 unspecified atom stereocenters. The van der Waals surface area contributed by atoms with E-state index >= 15 is 0 Å². The second kappa shape index (κ2) is 7.52. The Balaban J connectivity index is 2.52. The van der Waals surface area contributed by atoms with Gasteiger partial charge in [0.1, 0.15) is 5.75 Å². The van der Waals surface area contributed by atoms with Gasteiger partial charge in [-0.2, -0.15) is 0 Å². The number of thioether (sulfide) groups is 1. The van der Waals surface area contributed by atoms with Crippen LogP contribution in [-0.4, -0.2) is 37.6 Å². The number of nitrogen functional groups attached to an aromatic ring is 1. The lowest BCUT2D eigenvalue weighted by atomic mass is 10.2. The van der Waals surface area contributed by atoms with Crippen LogP contribution in [0.3, 0.4) is 0 Å². The van der Waals surface area contributed by atoms with Crippen LogP contribution in [0.2, 0.25) is 0 Å². The number of rotatable bonds is 6. The maximum Gasteiger partial charge on any atom is 0.315 e. The SMILES string of the molecule is COC(=O)CSCC(=O)Nc1cc(N)ccc1OC. The van der Waals surface area contributed by atoms with Crippen molar-refractivity contribution in [1.82, 2.24) is 0 Å². The van der Waals surface area contributed by atoms with Crippen molar-refractivity contribution in [3.05, 3.63) is 18.2 Å². The molecule has 7 heteroatoms. The van der Waals surface area contributed by atoms with Gasteiger partial charge in [-0.3, -0.25) is 9.59 Å². The molecule has 0 saturated carbocycles. The van der Waals surface area contributed by atoms with Gasteiger partial charge in [0.2, 0.25) is 5.91 Å². The van der Waals surface area contributed by atoms with Gasteiger partial charge in [-0.15, -0.1) is 11.8 Å². The fraction of sp³-hybridized carbons (Fsp3) is 0.333. The maximum absolute atomic E-state index is 11.7. The van der Waals surface area contributed by atoms with Gasteiger partial charge >= 0.3 is 5.97 Å². The highest BCUT2D eigenvalue weighted by Gasteiger charge is 2.09. The van der Waals surface area contributed by atoms with E-state index in [4.69, 9.17) is 10.5 Å². The van der Waals surface area contributed by atoms with Crippen molar-refractivity contribution in [2.45, 2.75) is 0 Å². The highest BCUT2D eigenvalue weighted by Crippen LogP contribution is 2.26. The van der Waals surface area contributed by atoms with Gasteiger partial charge in [0.05, 0.1) is 31.4 Å². The molecule has 3 N–H and O–H groups in total. The number of methoxy groups -OCH3 is 2. The maximum atomic E-state index is 11.7. The van der Waals surface area contributed by atoms with Gasteiger partial charge in [-0.25, -0.2) is 0 Å². The summed E-state index contributed by atoms with van der Waals surface area (Å²) in [4.78, 5) is 22.6. The highest BCUT2D eigenvalue weighted by atomic mass is 32.2. The van der Waals surface area contributed by atoms with Crippen molar-refractivity contribution in [2.75, 3.05) is 36.8 Å². The van der Waals surface area contributed by atoms with Crippen LogP contribution in [-0.2, 0) is 14.3 Å². The Morgan fingerprint density at radius 1 is 1.32 bits per heavy atom. The second-order valence-electron chi connectivity index (χ2n) is 3.58. The fourth-order valence-corrected chi connectivity index (χ4v) is 1.94. The molecule has 1 amide bonds. The van der Waals surface area contributed by atoms with Crippen LogP contribution in [0.25, 0.3) is 0 Å². The average Bonchev–Trinajstić information content (AvgIpc) is 2.38. The van der Waals surface area contributed by atoms with Gasteiger partial charge in [-0.1, -0.05) is 0 Å². The summed E-state index contributed by atoms with van der Waals surface area (Å²) in [6, 6.07) is 4.97. The molecule has 0 aliphatic heterocycles. The zero-order chi connectivity index (χ0) is 14.3. The second-order valence-corrected chi connectivity index (χ2v) is 4.56. The van der Waals surface area contributed by atoms with E-state index in [1.54, 1.807) is 18.2 Å². The van der Waals surface area contributed by atoms with Crippen molar-refractivity contribution >= 4 is 35.0 Å². The minimum absolute atomic E-state index is 0.137. The van der Waals surface area contributed by atoms with E-state index in [1.807, 2.05) is 0 Å². The summed E-state index contributed by atoms with van der Waals surface area (Å²) in [6.45, 7) is 0. The van der Waals surface area contributed by atoms with Gasteiger partial charge in [0, 0.05) is 5.69 Å². The molecule has 0 aromatic heterocycles. The van der Waals surface area contributed by atoms with Crippen LogP contribution in [0.4, 0.5) is 11.4 Å². The van der Waals surface area contributed by atoms with E-state index in [2.05, 4.69) is 10.1 Å². The predicted octanol–water partition coefficient (Wildman–Crippen LogP) is 1.12. The van der Waals surface area contributed by atoms with Crippen LogP contribution >= 0.6 is 11.8 Å². The van der Waals surface area contributed by atoms with Gasteiger partial charge in [-0.05, 0) is 18.2 Å². The molecule has 0 heterocycles. The van der Waals surface area contributed by atoms with Crippen molar-refractivity contribution in [2.24, 2.45) is 0 Å². The summed E-state index contributed by atoms with van der Waals surface area (Å²) in [5, 5.41) is 2.68. The molecule has 0 fully saturated rings. The van der Waals surface area contributed by atoms with Crippen LogP contribution in [0.1, 0.15) is 0 Å². The molecule has 104 valence electrons. The number of amides is 1. The molecular weight excluding hydrogens is 268 g/mol. The van der Waals surface area contributed by atoms with Crippen molar-refractivity contribution in [1.29, 1.82) is 0 Å². The number of nitrogens with one attached hydrogen (secondary N) is 1. The zero-order valence-corrected chi connectivity index (χ0v) is 11.6. The Hall–Kier alpha value is -1.89. The number of hydrogen-bond donors (Lipinski definition) is 2. The first kappa shape index (κ1) is 15.2. The monoisotopic (exact) mass is 284 g/mol. The molecule has 0 aliphatic rings. The molecular formula is C12H16N2O4S. The largest absolute Gasteiger partial charge is 0.495 e. The quantitative estimate of drug-likeness (QED) is 0.601. The first-order valence-electron chi connectivity index (χ1n) is 5.44. The van der Waals surface area contributed by atoms with Crippen molar-refractivity contribution in [3.63, 3.8) is 0 Å². The number of hydrogen-bond acceptors (Lipinski definition) is 6. The topological polar surface area (TPSA) is 90.7 Å². The molecule has 19 heavy (non-hydrogen) atoms.